The van der Waals surface area contributed by atoms with E-state index < -0.39 is 12.1 Å². The summed E-state index contributed by atoms with van der Waals surface area (Å²) in [6, 6.07) is 9.39. The number of esters is 1. The first kappa shape index (κ1) is 19.8. The van der Waals surface area contributed by atoms with Gasteiger partial charge in [-0.25, -0.2) is 0 Å². The molecular formula is C23H23NO6. The van der Waals surface area contributed by atoms with E-state index in [1.54, 1.807) is 19.3 Å². The smallest absolute Gasteiger partial charge is 0.311 e. The Morgan fingerprint density at radius 1 is 1.13 bits per heavy atom. The van der Waals surface area contributed by atoms with Crippen molar-refractivity contribution in [2.75, 3.05) is 6.79 Å². The number of benzene rings is 2. The number of hydrogen-bond acceptors (Lipinski definition) is 6. The third kappa shape index (κ3) is 3.96. The van der Waals surface area contributed by atoms with Crippen LogP contribution in [0.1, 0.15) is 29.2 Å². The van der Waals surface area contributed by atoms with Crippen LogP contribution in [0.15, 0.2) is 41.0 Å². The Morgan fingerprint density at radius 3 is 2.77 bits per heavy atom. The summed E-state index contributed by atoms with van der Waals surface area (Å²) < 4.78 is 21.5. The highest BCUT2D eigenvalue weighted by molar-refractivity contribution is 5.89. The van der Waals surface area contributed by atoms with E-state index in [1.807, 2.05) is 38.1 Å². The minimum atomic E-state index is -0.909. The Kier molecular flexibility index (Phi) is 5.35. The molecule has 0 saturated heterocycles. The first-order valence-corrected chi connectivity index (χ1v) is 9.74. The molecule has 4 rings (SSSR count). The Hall–Kier alpha value is -3.48. The van der Waals surface area contributed by atoms with Crippen molar-refractivity contribution in [3.63, 3.8) is 0 Å². The zero-order chi connectivity index (χ0) is 21.3. The van der Waals surface area contributed by atoms with Gasteiger partial charge in [-0.2, -0.15) is 0 Å². The van der Waals surface area contributed by atoms with Crippen molar-refractivity contribution >= 4 is 22.8 Å². The predicted octanol–water partition coefficient (Wildman–Crippen LogP) is 3.57. The number of amides is 1. The van der Waals surface area contributed by atoms with Gasteiger partial charge in [0.15, 0.2) is 17.6 Å². The van der Waals surface area contributed by atoms with E-state index in [9.17, 15) is 9.59 Å². The summed E-state index contributed by atoms with van der Waals surface area (Å²) in [6.07, 6.45) is 0.700. The molecule has 0 unspecified atom stereocenters. The van der Waals surface area contributed by atoms with Crippen LogP contribution in [-0.2, 0) is 27.3 Å². The molecule has 1 aromatic heterocycles. The molecule has 1 N–H and O–H groups in total. The molecule has 1 atom stereocenters. The molecule has 0 radical (unpaired) electrons. The van der Waals surface area contributed by atoms with Gasteiger partial charge in [-0.3, -0.25) is 9.59 Å². The van der Waals surface area contributed by atoms with Gasteiger partial charge in [0.1, 0.15) is 5.58 Å². The molecule has 0 fully saturated rings. The third-order valence-corrected chi connectivity index (χ3v) is 5.26. The lowest BCUT2D eigenvalue weighted by Crippen LogP contribution is -2.35. The highest BCUT2D eigenvalue weighted by Crippen LogP contribution is 2.32. The second-order valence-electron chi connectivity index (χ2n) is 7.36. The van der Waals surface area contributed by atoms with Gasteiger partial charge >= 0.3 is 5.97 Å². The molecule has 0 saturated carbocycles. The zero-order valence-electron chi connectivity index (χ0n) is 17.1. The first-order chi connectivity index (χ1) is 14.4. The van der Waals surface area contributed by atoms with Crippen molar-refractivity contribution in [2.45, 2.75) is 39.8 Å². The lowest BCUT2D eigenvalue weighted by Gasteiger charge is -2.13. The average molecular weight is 409 g/mol. The summed E-state index contributed by atoms with van der Waals surface area (Å²) in [5.41, 5.74) is 4.54. The van der Waals surface area contributed by atoms with Gasteiger partial charge in [0.2, 0.25) is 6.79 Å². The molecule has 3 aromatic rings. The third-order valence-electron chi connectivity index (χ3n) is 5.26. The van der Waals surface area contributed by atoms with E-state index in [0.717, 1.165) is 33.2 Å². The van der Waals surface area contributed by atoms with Crippen molar-refractivity contribution in [2.24, 2.45) is 0 Å². The number of furan rings is 1. The fourth-order valence-corrected chi connectivity index (χ4v) is 3.36. The van der Waals surface area contributed by atoms with Crippen LogP contribution in [0.2, 0.25) is 0 Å². The zero-order valence-corrected chi connectivity index (χ0v) is 17.1. The van der Waals surface area contributed by atoms with Crippen molar-refractivity contribution in [1.29, 1.82) is 0 Å². The number of carbonyl (C=O) groups is 2. The Balaban J connectivity index is 1.32. The second kappa shape index (κ2) is 8.10. The van der Waals surface area contributed by atoms with E-state index in [-0.39, 0.29) is 19.1 Å². The van der Waals surface area contributed by atoms with Gasteiger partial charge in [-0.1, -0.05) is 18.2 Å². The minimum Gasteiger partial charge on any atom is -0.464 e. The van der Waals surface area contributed by atoms with Crippen molar-refractivity contribution in [3.05, 3.63) is 58.8 Å². The summed E-state index contributed by atoms with van der Waals surface area (Å²) in [7, 11) is 0. The van der Waals surface area contributed by atoms with E-state index in [1.165, 1.54) is 0 Å². The molecule has 30 heavy (non-hydrogen) atoms. The maximum atomic E-state index is 12.3. The van der Waals surface area contributed by atoms with Crippen LogP contribution in [-0.4, -0.2) is 24.8 Å². The number of ether oxygens (including phenoxy) is 3. The van der Waals surface area contributed by atoms with Crippen LogP contribution in [0, 0.1) is 13.8 Å². The van der Waals surface area contributed by atoms with E-state index in [4.69, 9.17) is 18.6 Å². The van der Waals surface area contributed by atoms with Crippen LogP contribution in [0.3, 0.4) is 0 Å². The number of hydrogen-bond donors (Lipinski definition) is 1. The number of aryl methyl sites for hydroxylation is 2. The normalized spacial score (nSPS) is 13.3. The highest BCUT2D eigenvalue weighted by Gasteiger charge is 2.20. The van der Waals surface area contributed by atoms with Gasteiger partial charge in [0.05, 0.1) is 12.7 Å². The topological polar surface area (TPSA) is 87.0 Å². The van der Waals surface area contributed by atoms with Gasteiger partial charge < -0.3 is 23.9 Å². The summed E-state index contributed by atoms with van der Waals surface area (Å²) in [5.74, 6) is 0.481. The summed E-state index contributed by atoms with van der Waals surface area (Å²) in [5, 5.41) is 3.65. The van der Waals surface area contributed by atoms with Gasteiger partial charge in [0.25, 0.3) is 5.91 Å². The van der Waals surface area contributed by atoms with Crippen LogP contribution in [0.4, 0.5) is 0 Å². The van der Waals surface area contributed by atoms with Crippen LogP contribution in [0.25, 0.3) is 11.0 Å². The summed E-state index contributed by atoms with van der Waals surface area (Å²) in [6.45, 7) is 6.03. The van der Waals surface area contributed by atoms with Crippen molar-refractivity contribution in [1.82, 2.24) is 5.32 Å². The molecule has 7 heteroatoms. The number of carbonyl (C=O) groups excluding carboxylic acids is 2. The maximum absolute atomic E-state index is 12.3. The Bertz CT molecular complexity index is 1120. The van der Waals surface area contributed by atoms with Crippen LogP contribution < -0.4 is 14.8 Å². The maximum Gasteiger partial charge on any atom is 0.311 e. The molecule has 2 heterocycles. The molecule has 1 aliphatic rings. The second-order valence-corrected chi connectivity index (χ2v) is 7.36. The molecule has 0 aliphatic carbocycles. The molecule has 156 valence electrons. The van der Waals surface area contributed by atoms with Gasteiger partial charge in [-0.05, 0) is 49.6 Å². The van der Waals surface area contributed by atoms with Gasteiger partial charge in [-0.15, -0.1) is 0 Å². The SMILES string of the molecule is Cc1ccc2c(CC(=O)O[C@@H](C)C(=O)NCc3ccc4c(c3)OCO4)coc2c1C. The standard InChI is InChI=1S/C23H23NO6/c1-13-4-6-18-17(11-27-22(18)14(13)2)9-21(25)30-15(3)23(26)24-10-16-5-7-19-20(8-16)29-12-28-19/h4-8,11,15H,9-10,12H2,1-3H3,(H,24,26)/t15-/m0/s1. The number of rotatable bonds is 6. The molecule has 1 amide bonds. The average Bonchev–Trinajstić information content (AvgIpc) is 3.35. The minimum absolute atomic E-state index is 0.0370. The van der Waals surface area contributed by atoms with E-state index in [0.29, 0.717) is 18.0 Å². The van der Waals surface area contributed by atoms with Crippen molar-refractivity contribution < 1.29 is 28.2 Å². The molecule has 1 aliphatic heterocycles. The summed E-state index contributed by atoms with van der Waals surface area (Å²) in [4.78, 5) is 24.7. The lowest BCUT2D eigenvalue weighted by molar-refractivity contribution is -0.154. The Labute approximate surface area is 173 Å². The number of fused-ring (bicyclic) bond motifs is 2. The number of nitrogens with one attached hydrogen (secondary N) is 1. The first-order valence-electron chi connectivity index (χ1n) is 9.74. The molecule has 0 bridgehead atoms. The van der Waals surface area contributed by atoms with Crippen molar-refractivity contribution in [3.8, 4) is 11.5 Å². The fourth-order valence-electron chi connectivity index (χ4n) is 3.36. The molecule has 7 nitrogen and oxygen atoms in total. The Morgan fingerprint density at radius 2 is 1.93 bits per heavy atom. The molecular weight excluding hydrogens is 386 g/mol. The quantitative estimate of drug-likeness (QED) is 0.627. The molecule has 2 aromatic carbocycles. The monoisotopic (exact) mass is 409 g/mol. The summed E-state index contributed by atoms with van der Waals surface area (Å²) >= 11 is 0. The van der Waals surface area contributed by atoms with Gasteiger partial charge in [0, 0.05) is 17.5 Å². The van der Waals surface area contributed by atoms with E-state index in [2.05, 4.69) is 5.32 Å². The molecule has 0 spiro atoms. The lowest BCUT2D eigenvalue weighted by atomic mass is 10.0. The highest BCUT2D eigenvalue weighted by atomic mass is 16.7. The fraction of sp³-hybridized carbons (Fsp3) is 0.304. The van der Waals surface area contributed by atoms with Crippen LogP contribution in [0.5, 0.6) is 11.5 Å². The van der Waals surface area contributed by atoms with Crippen LogP contribution >= 0.6 is 0 Å². The van der Waals surface area contributed by atoms with E-state index >= 15 is 0 Å². The predicted molar refractivity (Wildman–Crippen MR) is 109 cm³/mol. The largest absolute Gasteiger partial charge is 0.464 e.